The van der Waals surface area contributed by atoms with E-state index in [2.05, 4.69) is 8.92 Å². The summed E-state index contributed by atoms with van der Waals surface area (Å²) in [4.78, 5) is 0. The maximum Gasteiger partial charge on any atom is 0.460 e. The Morgan fingerprint density at radius 3 is 1.91 bits per heavy atom. The molecule has 3 aliphatic rings. The minimum atomic E-state index is -6.89. The van der Waals surface area contributed by atoms with Crippen LogP contribution in [0.25, 0.3) is 0 Å². The predicted octanol–water partition coefficient (Wildman–Crippen LogP) is 3.55. The van der Waals surface area contributed by atoms with Gasteiger partial charge in [0.05, 0.1) is 6.61 Å². The number of rotatable bonds is 8. The Labute approximate surface area is 206 Å². The molecule has 0 aliphatic carbocycles. The number of hydrogen-bond acceptors (Lipinski definition) is 9. The Hall–Kier alpha value is -0.160. The topological polar surface area (TPSA) is 98.8 Å². The fourth-order valence-corrected chi connectivity index (χ4v) is 4.50. The first-order valence-corrected chi connectivity index (χ1v) is 12.1. The lowest BCUT2D eigenvalue weighted by molar-refractivity contribution is -0.439. The van der Waals surface area contributed by atoms with Crippen molar-refractivity contribution < 1.29 is 76.1 Å². The van der Waals surface area contributed by atoms with E-state index in [-0.39, 0.29) is 29.2 Å². The molecule has 9 nitrogen and oxygen atoms in total. The van der Waals surface area contributed by atoms with Crippen LogP contribution in [0, 0.1) is 0 Å². The quantitative estimate of drug-likeness (QED) is 0.167. The molecule has 0 aromatic carbocycles. The second-order valence-corrected chi connectivity index (χ2v) is 11.6. The summed E-state index contributed by atoms with van der Waals surface area (Å²) in [7, 11) is -6.89. The molecule has 35 heavy (non-hydrogen) atoms. The van der Waals surface area contributed by atoms with Crippen molar-refractivity contribution in [3.05, 3.63) is 0 Å². The van der Waals surface area contributed by atoms with E-state index in [4.69, 9.17) is 23.7 Å². The molecule has 0 radical (unpaired) electrons. The summed E-state index contributed by atoms with van der Waals surface area (Å²) in [6.07, 6.45) is -20.8. The van der Waals surface area contributed by atoms with Crippen LogP contribution >= 0.6 is 22.6 Å². The molecule has 3 aliphatic heterocycles. The first kappa shape index (κ1) is 29.4. The first-order valence-electron chi connectivity index (χ1n) is 9.57. The van der Waals surface area contributed by atoms with Gasteiger partial charge in [0.15, 0.2) is 17.9 Å². The number of ether oxygens (including phenoxy) is 6. The molecule has 0 bridgehead atoms. The van der Waals surface area contributed by atoms with Crippen LogP contribution in [0.1, 0.15) is 27.7 Å². The normalized spacial score (nSPS) is 33.8. The zero-order valence-corrected chi connectivity index (χ0v) is 21.1. The van der Waals surface area contributed by atoms with E-state index in [1.54, 1.807) is 0 Å². The fourth-order valence-electron chi connectivity index (χ4n) is 3.42. The molecular weight excluding hydrogens is 647 g/mol. The highest BCUT2D eigenvalue weighted by Gasteiger charge is 2.75. The Morgan fingerprint density at radius 2 is 1.43 bits per heavy atom. The van der Waals surface area contributed by atoms with Gasteiger partial charge in [-0.15, -0.1) is 0 Å². The molecule has 206 valence electrons. The maximum atomic E-state index is 14.3. The highest BCUT2D eigenvalue weighted by Crippen LogP contribution is 2.50. The maximum absolute atomic E-state index is 14.3. The molecule has 0 saturated carbocycles. The van der Waals surface area contributed by atoms with Gasteiger partial charge in [0.1, 0.15) is 24.4 Å². The van der Waals surface area contributed by atoms with E-state index in [9.17, 15) is 43.5 Å². The Balaban J connectivity index is 1.90. The monoisotopic (exact) mass is 666 g/mol. The van der Waals surface area contributed by atoms with Crippen molar-refractivity contribution in [2.45, 2.75) is 91.4 Å². The molecule has 2 unspecified atom stereocenters. The van der Waals surface area contributed by atoms with E-state index < -0.39 is 73.8 Å². The highest BCUT2D eigenvalue weighted by molar-refractivity contribution is 14.1. The zero-order valence-electron chi connectivity index (χ0n) is 18.1. The number of fused-ring (bicyclic) bond motifs is 1. The predicted molar refractivity (Wildman–Crippen MR) is 102 cm³/mol. The minimum Gasteiger partial charge on any atom is -0.348 e. The molecule has 3 rings (SSSR count). The van der Waals surface area contributed by atoms with Crippen LogP contribution in [0.15, 0.2) is 0 Å². The molecular formula is C16H19F8IO9S. The third-order valence-corrected chi connectivity index (χ3v) is 6.87. The molecule has 0 aromatic heterocycles. The molecule has 3 saturated heterocycles. The standard InChI is InChI=1S/C16H19F8IO9S/c1-11(2)28-5-6(30-11)7-8(9-10(29-7)32-12(3,4)31-9)33-35(26,27)16(23,24)15(21,22)34-14(19,20)13(17,18)25/h6-10H,5H2,1-4H3/t6?,7-,8?,9+,10-/m1/s1. The molecule has 0 N–H and O–H groups in total. The van der Waals surface area contributed by atoms with Crippen molar-refractivity contribution in [3.8, 4) is 0 Å². The van der Waals surface area contributed by atoms with Gasteiger partial charge in [-0.25, -0.2) is 4.74 Å². The SMILES string of the molecule is CC1(C)OCC([C@H]2O[C@@H]3OC(C)(C)O[C@H]3C2OS(=O)(=O)C(F)(F)C(F)(F)OC(F)(F)C(F)(F)I)O1. The molecule has 0 aromatic rings. The number of alkyl halides is 9. The van der Waals surface area contributed by atoms with E-state index in [1.165, 1.54) is 27.7 Å². The van der Waals surface area contributed by atoms with Gasteiger partial charge in [-0.05, 0) is 27.7 Å². The van der Waals surface area contributed by atoms with Gasteiger partial charge in [-0.1, -0.05) is 0 Å². The van der Waals surface area contributed by atoms with Crippen LogP contribution < -0.4 is 0 Å². The van der Waals surface area contributed by atoms with Gasteiger partial charge in [-0.2, -0.15) is 43.5 Å². The van der Waals surface area contributed by atoms with Crippen LogP contribution in [0.3, 0.4) is 0 Å². The van der Waals surface area contributed by atoms with Gasteiger partial charge in [0.2, 0.25) is 0 Å². The second kappa shape index (κ2) is 8.68. The molecule has 3 fully saturated rings. The second-order valence-electron chi connectivity index (χ2n) is 8.60. The lowest BCUT2D eigenvalue weighted by atomic mass is 10.1. The summed E-state index contributed by atoms with van der Waals surface area (Å²) in [5, 5.41) is -6.57. The van der Waals surface area contributed by atoms with Crippen LogP contribution in [0.4, 0.5) is 35.1 Å². The lowest BCUT2D eigenvalue weighted by Crippen LogP contribution is -2.56. The van der Waals surface area contributed by atoms with Crippen LogP contribution in [-0.4, -0.2) is 78.7 Å². The van der Waals surface area contributed by atoms with Crippen molar-refractivity contribution in [1.82, 2.24) is 0 Å². The van der Waals surface area contributed by atoms with Gasteiger partial charge < -0.3 is 23.7 Å². The average Bonchev–Trinajstić information content (AvgIpc) is 3.22. The van der Waals surface area contributed by atoms with E-state index in [1.807, 2.05) is 0 Å². The Morgan fingerprint density at radius 1 is 0.857 bits per heavy atom. The van der Waals surface area contributed by atoms with Gasteiger partial charge in [-0.3, -0.25) is 4.18 Å². The highest BCUT2D eigenvalue weighted by atomic mass is 127. The average molecular weight is 666 g/mol. The first-order chi connectivity index (χ1) is 15.4. The van der Waals surface area contributed by atoms with E-state index in [0.717, 1.165) is 0 Å². The summed E-state index contributed by atoms with van der Waals surface area (Å²) < 4.78 is 161. The zero-order chi connectivity index (χ0) is 27.0. The van der Waals surface area contributed by atoms with E-state index >= 15 is 0 Å². The van der Waals surface area contributed by atoms with Crippen molar-refractivity contribution in [1.29, 1.82) is 0 Å². The smallest absolute Gasteiger partial charge is 0.348 e. The third-order valence-electron chi connectivity index (χ3n) is 4.90. The third kappa shape index (κ3) is 5.52. The summed E-state index contributed by atoms with van der Waals surface area (Å²) in [6.45, 7) is 5.26. The fraction of sp³-hybridized carbons (Fsp3) is 1.00. The molecule has 5 atom stereocenters. The minimum absolute atomic E-state index is 0.285. The summed E-state index contributed by atoms with van der Waals surface area (Å²) >= 11 is -0.345. The Bertz CT molecular complexity index is 926. The largest absolute Gasteiger partial charge is 0.460 e. The Kier molecular flexibility index (Phi) is 7.29. The molecule has 3 heterocycles. The van der Waals surface area contributed by atoms with Gasteiger partial charge in [0, 0.05) is 22.6 Å². The molecule has 19 heteroatoms. The van der Waals surface area contributed by atoms with Crippen LogP contribution in [-0.2, 0) is 42.7 Å². The van der Waals surface area contributed by atoms with Gasteiger partial charge in [0.25, 0.3) is 0 Å². The van der Waals surface area contributed by atoms with Crippen molar-refractivity contribution in [2.75, 3.05) is 6.61 Å². The van der Waals surface area contributed by atoms with Crippen molar-refractivity contribution in [2.24, 2.45) is 0 Å². The summed E-state index contributed by atoms with van der Waals surface area (Å²) in [5.41, 5.74) is 0. The number of hydrogen-bond donors (Lipinski definition) is 0. The van der Waals surface area contributed by atoms with Crippen molar-refractivity contribution in [3.63, 3.8) is 0 Å². The van der Waals surface area contributed by atoms with Crippen molar-refractivity contribution >= 4 is 32.7 Å². The summed E-state index contributed by atoms with van der Waals surface area (Å²) in [6, 6.07) is 0. The van der Waals surface area contributed by atoms with Crippen LogP contribution in [0.2, 0.25) is 0 Å². The number of halogens is 9. The molecule has 0 amide bonds. The summed E-state index contributed by atoms with van der Waals surface area (Å²) in [5.74, 6) is -2.70. The molecule has 0 spiro atoms. The van der Waals surface area contributed by atoms with E-state index in [0.29, 0.717) is 0 Å². The van der Waals surface area contributed by atoms with Gasteiger partial charge >= 0.3 is 31.5 Å². The lowest BCUT2D eigenvalue weighted by Gasteiger charge is -2.32. The van der Waals surface area contributed by atoms with Crippen LogP contribution in [0.5, 0.6) is 0 Å².